The van der Waals surface area contributed by atoms with E-state index in [0.29, 0.717) is 29.9 Å². The van der Waals surface area contributed by atoms with Crippen LogP contribution in [-0.4, -0.2) is 38.6 Å². The summed E-state index contributed by atoms with van der Waals surface area (Å²) in [5.74, 6) is 0.607. The molecule has 1 fully saturated rings. The van der Waals surface area contributed by atoms with E-state index in [1.54, 1.807) is 9.42 Å². The van der Waals surface area contributed by atoms with Gasteiger partial charge in [-0.1, -0.05) is 24.3 Å². The smallest absolute Gasteiger partial charge is 0.252 e. The summed E-state index contributed by atoms with van der Waals surface area (Å²) in [7, 11) is 0. The number of likely N-dealkylation sites (tertiary alicyclic amines) is 1. The molecule has 0 spiro atoms. The molecule has 8 heteroatoms. The van der Waals surface area contributed by atoms with Crippen molar-refractivity contribution in [1.82, 2.24) is 24.9 Å². The number of aromatic amines is 1. The molecule has 1 saturated heterocycles. The Morgan fingerprint density at radius 3 is 2.60 bits per heavy atom. The third-order valence-electron chi connectivity index (χ3n) is 5.97. The normalized spacial score (nSPS) is 14.5. The van der Waals surface area contributed by atoms with Crippen molar-refractivity contribution in [2.24, 2.45) is 0 Å². The molecular formula is C22H29N6OS+. The molecule has 0 unspecified atom stereocenters. The molecular weight excluding hydrogens is 396 g/mol. The van der Waals surface area contributed by atoms with E-state index in [1.165, 1.54) is 31.5 Å². The summed E-state index contributed by atoms with van der Waals surface area (Å²) in [6.45, 7) is 8.17. The standard InChI is InChI=1S/C22H28N6OS/c1-15-19(16(2)28-21(24-15)25-22(30)26-28)9-10-20(29)23-13-17-5-7-18(8-6-17)14-27-11-3-4-12-27/h5-8H,3-4,9-14H2,1-2H3,(H,23,29)(H,26,30)/p+1. The van der Waals surface area contributed by atoms with Gasteiger partial charge >= 0.3 is 0 Å². The first-order valence-corrected chi connectivity index (χ1v) is 11.0. The first-order valence-electron chi connectivity index (χ1n) is 10.6. The van der Waals surface area contributed by atoms with Crippen LogP contribution in [0, 0.1) is 18.6 Å². The van der Waals surface area contributed by atoms with Crippen molar-refractivity contribution >= 4 is 23.9 Å². The molecule has 1 aliphatic heterocycles. The summed E-state index contributed by atoms with van der Waals surface area (Å²) in [4.78, 5) is 22.8. The van der Waals surface area contributed by atoms with Gasteiger partial charge in [-0.25, -0.2) is 9.50 Å². The van der Waals surface area contributed by atoms with E-state index in [4.69, 9.17) is 12.2 Å². The monoisotopic (exact) mass is 425 g/mol. The Kier molecular flexibility index (Phi) is 6.24. The van der Waals surface area contributed by atoms with Crippen LogP contribution in [0.15, 0.2) is 24.3 Å². The second-order valence-electron chi connectivity index (χ2n) is 8.15. The van der Waals surface area contributed by atoms with Gasteiger partial charge in [0.1, 0.15) is 6.54 Å². The van der Waals surface area contributed by atoms with E-state index in [2.05, 4.69) is 44.6 Å². The van der Waals surface area contributed by atoms with E-state index in [9.17, 15) is 4.79 Å². The Hall–Kier alpha value is -2.58. The molecule has 2 aromatic heterocycles. The van der Waals surface area contributed by atoms with Crippen molar-refractivity contribution < 1.29 is 9.69 Å². The van der Waals surface area contributed by atoms with Gasteiger partial charge in [-0.3, -0.25) is 9.89 Å². The fourth-order valence-electron chi connectivity index (χ4n) is 4.24. The third-order valence-corrected chi connectivity index (χ3v) is 6.15. The quantitative estimate of drug-likeness (QED) is 0.505. The minimum Gasteiger partial charge on any atom is -0.352 e. The largest absolute Gasteiger partial charge is 0.352 e. The highest BCUT2D eigenvalue weighted by Crippen LogP contribution is 2.15. The maximum absolute atomic E-state index is 12.4. The number of nitrogens with one attached hydrogen (secondary N) is 3. The zero-order valence-corrected chi connectivity index (χ0v) is 18.4. The first kappa shape index (κ1) is 20.7. The SMILES string of the molecule is Cc1nc2nc(=S)[nH]n2c(C)c1CCC(=O)NCc1ccc(C[NH+]2CCCC2)cc1. The maximum atomic E-state index is 12.4. The summed E-state index contributed by atoms with van der Waals surface area (Å²) in [6.07, 6.45) is 3.74. The Labute approximate surface area is 181 Å². The third kappa shape index (κ3) is 4.76. The molecule has 1 amide bonds. The highest BCUT2D eigenvalue weighted by Gasteiger charge is 2.15. The van der Waals surface area contributed by atoms with Crippen LogP contribution in [0.1, 0.15) is 47.3 Å². The molecule has 3 aromatic rings. The van der Waals surface area contributed by atoms with E-state index in [0.717, 1.165) is 29.1 Å². The Morgan fingerprint density at radius 2 is 1.87 bits per heavy atom. The number of aryl methyl sites for hydroxylation is 2. The lowest BCUT2D eigenvalue weighted by atomic mass is 10.1. The molecule has 0 bridgehead atoms. The van der Waals surface area contributed by atoms with Crippen LogP contribution in [0.2, 0.25) is 0 Å². The molecule has 0 saturated carbocycles. The summed E-state index contributed by atoms with van der Waals surface area (Å²) < 4.78 is 2.20. The van der Waals surface area contributed by atoms with Crippen LogP contribution in [0.3, 0.4) is 0 Å². The van der Waals surface area contributed by atoms with Crippen LogP contribution >= 0.6 is 12.2 Å². The van der Waals surface area contributed by atoms with E-state index < -0.39 is 0 Å². The number of carbonyl (C=O) groups excluding carboxylic acids is 1. The van der Waals surface area contributed by atoms with Gasteiger partial charge in [-0.2, -0.15) is 4.98 Å². The first-order chi connectivity index (χ1) is 14.5. The number of hydrogen-bond acceptors (Lipinski definition) is 4. The Bertz CT molecular complexity index is 1100. The number of hydrogen-bond donors (Lipinski definition) is 3. The number of fused-ring (bicyclic) bond motifs is 1. The van der Waals surface area contributed by atoms with E-state index in [-0.39, 0.29) is 5.91 Å². The van der Waals surface area contributed by atoms with Crippen LogP contribution in [0.25, 0.3) is 5.78 Å². The average molecular weight is 426 g/mol. The molecule has 0 aliphatic carbocycles. The second-order valence-corrected chi connectivity index (χ2v) is 8.54. The molecule has 1 aromatic carbocycles. The minimum atomic E-state index is 0.0399. The highest BCUT2D eigenvalue weighted by atomic mass is 32.1. The van der Waals surface area contributed by atoms with Crippen molar-refractivity contribution in [2.75, 3.05) is 13.1 Å². The van der Waals surface area contributed by atoms with Gasteiger partial charge in [0.25, 0.3) is 5.78 Å². The lowest BCUT2D eigenvalue weighted by Gasteiger charge is -2.13. The van der Waals surface area contributed by atoms with Gasteiger partial charge in [0.15, 0.2) is 0 Å². The number of aromatic nitrogens is 4. The second kappa shape index (κ2) is 9.06. The minimum absolute atomic E-state index is 0.0399. The highest BCUT2D eigenvalue weighted by molar-refractivity contribution is 7.71. The summed E-state index contributed by atoms with van der Waals surface area (Å²) in [5.41, 5.74) is 5.43. The van der Waals surface area contributed by atoms with Crippen molar-refractivity contribution in [3.63, 3.8) is 0 Å². The lowest BCUT2D eigenvalue weighted by molar-refractivity contribution is -0.901. The zero-order valence-electron chi connectivity index (χ0n) is 17.6. The predicted octanol–water partition coefficient (Wildman–Crippen LogP) is 1.83. The van der Waals surface area contributed by atoms with Gasteiger partial charge in [-0.15, -0.1) is 0 Å². The molecule has 3 N–H and O–H groups in total. The molecule has 7 nitrogen and oxygen atoms in total. The molecule has 4 rings (SSSR count). The van der Waals surface area contributed by atoms with Gasteiger partial charge in [0.2, 0.25) is 10.7 Å². The molecule has 3 heterocycles. The Balaban J connectivity index is 1.30. The van der Waals surface area contributed by atoms with Crippen molar-refractivity contribution in [3.05, 3.63) is 57.1 Å². The van der Waals surface area contributed by atoms with Crippen LogP contribution < -0.4 is 10.2 Å². The number of benzene rings is 1. The van der Waals surface area contributed by atoms with Crippen LogP contribution in [0.5, 0.6) is 0 Å². The Morgan fingerprint density at radius 1 is 1.17 bits per heavy atom. The summed E-state index contributed by atoms with van der Waals surface area (Å²) in [6, 6.07) is 8.63. The van der Waals surface area contributed by atoms with Crippen LogP contribution in [0.4, 0.5) is 0 Å². The average Bonchev–Trinajstić information content (AvgIpc) is 3.36. The van der Waals surface area contributed by atoms with Crippen LogP contribution in [-0.2, 0) is 24.3 Å². The van der Waals surface area contributed by atoms with Gasteiger partial charge in [-0.05, 0) is 43.6 Å². The molecule has 1 aliphatic rings. The number of carbonyl (C=O) groups is 1. The molecule has 0 atom stereocenters. The van der Waals surface area contributed by atoms with E-state index >= 15 is 0 Å². The van der Waals surface area contributed by atoms with Crippen molar-refractivity contribution in [1.29, 1.82) is 0 Å². The number of amides is 1. The topological polar surface area (TPSA) is 79.5 Å². The van der Waals surface area contributed by atoms with Gasteiger partial charge in [0, 0.05) is 42.8 Å². The predicted molar refractivity (Wildman–Crippen MR) is 118 cm³/mol. The fourth-order valence-corrected chi connectivity index (χ4v) is 4.41. The van der Waals surface area contributed by atoms with E-state index in [1.807, 2.05) is 13.8 Å². The van der Waals surface area contributed by atoms with Gasteiger partial charge in [0.05, 0.1) is 13.1 Å². The number of rotatable bonds is 7. The molecule has 158 valence electrons. The molecule has 30 heavy (non-hydrogen) atoms. The summed E-state index contributed by atoms with van der Waals surface area (Å²) in [5, 5.41) is 6.05. The van der Waals surface area contributed by atoms with Gasteiger partial charge < -0.3 is 10.2 Å². The number of H-pyrrole nitrogens is 1. The fraction of sp³-hybridized carbons (Fsp3) is 0.455. The lowest BCUT2D eigenvalue weighted by Crippen LogP contribution is -3.08. The van der Waals surface area contributed by atoms with Crippen molar-refractivity contribution in [3.8, 4) is 0 Å². The maximum Gasteiger partial charge on any atom is 0.252 e. The molecule has 0 radical (unpaired) electrons. The summed E-state index contributed by atoms with van der Waals surface area (Å²) >= 11 is 5.10. The zero-order chi connectivity index (χ0) is 21.1. The van der Waals surface area contributed by atoms with Crippen molar-refractivity contribution in [2.45, 2.75) is 52.6 Å². The number of quaternary nitrogens is 1. The number of nitrogens with zero attached hydrogens (tertiary/aromatic N) is 3.